The Morgan fingerprint density at radius 3 is 2.13 bits per heavy atom. The summed E-state index contributed by atoms with van der Waals surface area (Å²) in [7, 11) is 1.55. The maximum Gasteiger partial charge on any atom is 0.334 e. The number of likely N-dealkylation sites (tertiary alicyclic amines) is 1. The maximum atomic E-state index is 14.9. The highest BCUT2D eigenvalue weighted by Crippen LogP contribution is 2.43. The topological polar surface area (TPSA) is 81.1 Å². The third-order valence-electron chi connectivity index (χ3n) is 6.20. The van der Waals surface area contributed by atoms with E-state index in [-0.39, 0.29) is 17.9 Å². The minimum Gasteiger partial charge on any atom is -0.478 e. The van der Waals surface area contributed by atoms with Gasteiger partial charge in [0.2, 0.25) is 0 Å². The molecule has 168 valence electrons. The summed E-state index contributed by atoms with van der Waals surface area (Å²) in [5, 5.41) is 19.9. The van der Waals surface area contributed by atoms with Gasteiger partial charge in [-0.25, -0.2) is 22.8 Å². The molecule has 1 fully saturated rings. The number of hydrogen-bond donors (Lipinski definition) is 2. The number of rotatable bonds is 5. The first-order valence-corrected chi connectivity index (χ1v) is 10.1. The van der Waals surface area contributed by atoms with Gasteiger partial charge < -0.3 is 15.1 Å². The molecular formula is C22H25F3N2O4. The fourth-order valence-corrected chi connectivity index (χ4v) is 4.35. The lowest BCUT2D eigenvalue weighted by molar-refractivity contribution is -0.133. The molecule has 0 aliphatic carbocycles. The second kappa shape index (κ2) is 8.74. The molecule has 1 saturated heterocycles. The Bertz CT molecular complexity index is 997. The second-order valence-electron chi connectivity index (χ2n) is 8.00. The van der Waals surface area contributed by atoms with E-state index in [1.54, 1.807) is 7.05 Å². The number of carboxylic acid groups (broad SMARTS) is 2. The van der Waals surface area contributed by atoms with E-state index in [2.05, 4.69) is 0 Å². The van der Waals surface area contributed by atoms with Crippen LogP contribution in [0.1, 0.15) is 43.2 Å². The second-order valence-corrected chi connectivity index (χ2v) is 8.00. The van der Waals surface area contributed by atoms with Crippen LogP contribution in [0.5, 0.6) is 0 Å². The van der Waals surface area contributed by atoms with E-state index in [0.29, 0.717) is 6.07 Å². The van der Waals surface area contributed by atoms with Crippen LogP contribution in [0.3, 0.4) is 0 Å². The zero-order valence-corrected chi connectivity index (χ0v) is 17.6. The van der Waals surface area contributed by atoms with Crippen molar-refractivity contribution in [2.24, 2.45) is 0 Å². The van der Waals surface area contributed by atoms with Crippen LogP contribution in [0.4, 0.5) is 13.2 Å². The predicted molar refractivity (Wildman–Crippen MR) is 107 cm³/mol. The lowest BCUT2D eigenvalue weighted by Crippen LogP contribution is -2.40. The van der Waals surface area contributed by atoms with Crippen LogP contribution < -0.4 is 0 Å². The van der Waals surface area contributed by atoms with Crippen molar-refractivity contribution >= 4 is 11.9 Å². The van der Waals surface area contributed by atoms with E-state index in [9.17, 15) is 33.0 Å². The highest BCUT2D eigenvalue weighted by Gasteiger charge is 2.42. The number of nitrogens with zero attached hydrogens (tertiary/aromatic N) is 2. The molecule has 0 radical (unpaired) electrons. The number of hydrogen-bond acceptors (Lipinski definition) is 4. The van der Waals surface area contributed by atoms with Gasteiger partial charge in [0.05, 0.1) is 17.1 Å². The molecule has 2 aliphatic heterocycles. The van der Waals surface area contributed by atoms with Gasteiger partial charge in [-0.05, 0) is 45.8 Å². The Morgan fingerprint density at radius 2 is 1.58 bits per heavy atom. The molecule has 0 bridgehead atoms. The van der Waals surface area contributed by atoms with Gasteiger partial charge in [0, 0.05) is 36.1 Å². The first-order chi connectivity index (χ1) is 14.6. The van der Waals surface area contributed by atoms with Crippen LogP contribution in [0.25, 0.3) is 0 Å². The van der Waals surface area contributed by atoms with E-state index in [4.69, 9.17) is 0 Å². The van der Waals surface area contributed by atoms with Crippen molar-refractivity contribution in [3.63, 3.8) is 0 Å². The minimum absolute atomic E-state index is 0.190. The molecule has 0 aromatic heterocycles. The van der Waals surface area contributed by atoms with Crippen molar-refractivity contribution in [2.45, 2.75) is 39.0 Å². The van der Waals surface area contributed by atoms with Crippen LogP contribution in [-0.2, 0) is 9.59 Å². The zero-order valence-electron chi connectivity index (χ0n) is 17.6. The number of halogens is 3. The Balaban J connectivity index is 2.27. The quantitative estimate of drug-likeness (QED) is 0.684. The van der Waals surface area contributed by atoms with E-state index in [0.717, 1.165) is 39.3 Å². The third kappa shape index (κ3) is 4.06. The number of allylic oxidation sites excluding steroid dienone is 1. The Hall–Kier alpha value is -2.81. The van der Waals surface area contributed by atoms with Crippen molar-refractivity contribution in [2.75, 3.05) is 26.7 Å². The molecule has 1 atom stereocenters. The summed E-state index contributed by atoms with van der Waals surface area (Å²) in [6.07, 6.45) is 2.96. The number of carboxylic acids is 2. The number of benzene rings is 1. The van der Waals surface area contributed by atoms with Gasteiger partial charge in [0.15, 0.2) is 11.6 Å². The first kappa shape index (κ1) is 22.9. The van der Waals surface area contributed by atoms with Crippen molar-refractivity contribution in [1.82, 2.24) is 9.80 Å². The number of carbonyl (C=O) groups is 2. The van der Waals surface area contributed by atoms with Gasteiger partial charge in [-0.1, -0.05) is 6.42 Å². The highest BCUT2D eigenvalue weighted by atomic mass is 19.2. The molecule has 1 aromatic carbocycles. The fraction of sp³-hybridized carbons (Fsp3) is 0.455. The molecule has 0 spiro atoms. The molecule has 9 heteroatoms. The molecular weight excluding hydrogens is 413 g/mol. The zero-order chi connectivity index (χ0) is 23.0. The number of likely N-dealkylation sites (N-methyl/N-ethyl adjacent to an activating group) is 1. The van der Waals surface area contributed by atoms with Crippen LogP contribution in [-0.4, -0.2) is 58.6 Å². The molecule has 31 heavy (non-hydrogen) atoms. The van der Waals surface area contributed by atoms with Crippen molar-refractivity contribution in [3.05, 3.63) is 57.2 Å². The summed E-state index contributed by atoms with van der Waals surface area (Å²) in [6, 6.07) is 0.696. The average Bonchev–Trinajstić information content (AvgIpc) is 2.72. The van der Waals surface area contributed by atoms with Crippen LogP contribution in [0.15, 0.2) is 28.6 Å². The summed E-state index contributed by atoms with van der Waals surface area (Å²) < 4.78 is 43.6. The number of piperidine rings is 1. The Labute approximate surface area is 178 Å². The minimum atomic E-state index is -1.66. The largest absolute Gasteiger partial charge is 0.478 e. The SMILES string of the molecule is CC1=C(C(=O)O)C(c2cc(F)c(C)c(F)c2F)C(C(=O)O)=C(CN2CCCCC2)N1C. The monoisotopic (exact) mass is 438 g/mol. The predicted octanol–water partition coefficient (Wildman–Crippen LogP) is 3.62. The summed E-state index contributed by atoms with van der Waals surface area (Å²) in [5.41, 5.74) is -1.54. The summed E-state index contributed by atoms with van der Waals surface area (Å²) in [5.74, 6) is -8.58. The molecule has 3 rings (SSSR count). The summed E-state index contributed by atoms with van der Waals surface area (Å²) in [6.45, 7) is 4.22. The van der Waals surface area contributed by atoms with Gasteiger partial charge >= 0.3 is 11.9 Å². The van der Waals surface area contributed by atoms with Crippen molar-refractivity contribution in [1.29, 1.82) is 0 Å². The van der Waals surface area contributed by atoms with Gasteiger partial charge in [0.25, 0.3) is 0 Å². The molecule has 2 aliphatic rings. The van der Waals surface area contributed by atoms with Gasteiger partial charge in [-0.15, -0.1) is 0 Å². The first-order valence-electron chi connectivity index (χ1n) is 10.1. The normalized spacial score (nSPS) is 20.5. The smallest absolute Gasteiger partial charge is 0.334 e. The van der Waals surface area contributed by atoms with Crippen LogP contribution >= 0.6 is 0 Å². The molecule has 2 heterocycles. The lowest BCUT2D eigenvalue weighted by Gasteiger charge is -2.38. The Morgan fingerprint density at radius 1 is 1.00 bits per heavy atom. The van der Waals surface area contributed by atoms with Crippen molar-refractivity contribution in [3.8, 4) is 0 Å². The highest BCUT2D eigenvalue weighted by molar-refractivity contribution is 5.98. The van der Waals surface area contributed by atoms with Gasteiger partial charge in [-0.2, -0.15) is 0 Å². The van der Waals surface area contributed by atoms with E-state index < -0.39 is 57.6 Å². The molecule has 2 N–H and O–H groups in total. The summed E-state index contributed by atoms with van der Waals surface area (Å²) in [4.78, 5) is 27.9. The molecule has 6 nitrogen and oxygen atoms in total. The van der Waals surface area contributed by atoms with Gasteiger partial charge in [0.1, 0.15) is 5.82 Å². The lowest BCUT2D eigenvalue weighted by atomic mass is 9.79. The van der Waals surface area contributed by atoms with E-state index >= 15 is 0 Å². The summed E-state index contributed by atoms with van der Waals surface area (Å²) >= 11 is 0. The third-order valence-corrected chi connectivity index (χ3v) is 6.20. The van der Waals surface area contributed by atoms with Crippen molar-refractivity contribution < 1.29 is 33.0 Å². The van der Waals surface area contributed by atoms with E-state index in [1.165, 1.54) is 11.8 Å². The molecule has 1 aromatic rings. The van der Waals surface area contributed by atoms with E-state index in [1.807, 2.05) is 4.90 Å². The maximum absolute atomic E-state index is 14.9. The molecule has 0 saturated carbocycles. The fourth-order valence-electron chi connectivity index (χ4n) is 4.35. The Kier molecular flexibility index (Phi) is 6.45. The molecule has 1 unspecified atom stereocenters. The standard InChI is InChI=1S/C22H25F3N2O4/c1-11-14(23)9-13(20(25)19(11)24)17-16(21(28)29)12(2)26(3)15(18(17)22(30)31)10-27-7-5-4-6-8-27/h9,17H,4-8,10H2,1-3H3,(H,28,29)(H,30,31). The van der Waals surface area contributed by atoms with Gasteiger partial charge in [-0.3, -0.25) is 4.90 Å². The molecule has 0 amide bonds. The average molecular weight is 438 g/mol. The number of aliphatic carboxylic acids is 2. The van der Waals surface area contributed by atoms with Crippen LogP contribution in [0.2, 0.25) is 0 Å². The van der Waals surface area contributed by atoms with Crippen LogP contribution in [0, 0.1) is 24.4 Å².